The number of carbonyl (C=O) groups is 1. The second-order valence-corrected chi connectivity index (χ2v) is 9.47. The summed E-state index contributed by atoms with van der Waals surface area (Å²) in [5.74, 6) is -0.584. The number of benzene rings is 3. The maximum absolute atomic E-state index is 11.0. The summed E-state index contributed by atoms with van der Waals surface area (Å²) < 4.78 is 0. The van der Waals surface area contributed by atoms with Gasteiger partial charge in [0.2, 0.25) is 0 Å². The van der Waals surface area contributed by atoms with E-state index in [-0.39, 0.29) is 5.92 Å². The Morgan fingerprint density at radius 2 is 1.70 bits per heavy atom. The molecule has 0 radical (unpaired) electrons. The quantitative estimate of drug-likeness (QED) is 0.456. The van der Waals surface area contributed by atoms with E-state index < -0.39 is 5.97 Å². The number of allylic oxidation sites excluding steroid dienone is 1. The summed E-state index contributed by atoms with van der Waals surface area (Å²) in [6, 6.07) is 24.2. The van der Waals surface area contributed by atoms with Crippen molar-refractivity contribution in [2.75, 3.05) is 13.1 Å². The summed E-state index contributed by atoms with van der Waals surface area (Å²) in [6.45, 7) is 8.59. The lowest BCUT2D eigenvalue weighted by Gasteiger charge is -2.36. The molecule has 0 aromatic heterocycles. The van der Waals surface area contributed by atoms with Gasteiger partial charge in [0.1, 0.15) is 0 Å². The van der Waals surface area contributed by atoms with Gasteiger partial charge in [-0.05, 0) is 60.6 Å². The highest BCUT2D eigenvalue weighted by Crippen LogP contribution is 2.26. The third-order valence-electron chi connectivity index (χ3n) is 6.71. The van der Waals surface area contributed by atoms with Crippen LogP contribution >= 0.6 is 0 Å². The predicted octanol–water partition coefficient (Wildman–Crippen LogP) is 6.17. The molecule has 1 N–H and O–H groups in total. The second kappa shape index (κ2) is 10.2. The minimum Gasteiger partial charge on any atom is -0.481 e. The first-order chi connectivity index (χ1) is 15.9. The molecule has 0 saturated carbocycles. The van der Waals surface area contributed by atoms with Crippen LogP contribution in [-0.4, -0.2) is 29.1 Å². The molecule has 1 aliphatic heterocycles. The number of hydrogen-bond donors (Lipinski definition) is 1. The number of carboxylic acid groups (broad SMARTS) is 1. The van der Waals surface area contributed by atoms with Crippen LogP contribution in [0.25, 0.3) is 6.08 Å². The number of nitrogens with zero attached hydrogens (tertiary/aromatic N) is 1. The normalized spacial score (nSPS) is 15.5. The zero-order valence-corrected chi connectivity index (χ0v) is 19.8. The van der Waals surface area contributed by atoms with Crippen molar-refractivity contribution in [3.05, 3.63) is 112 Å². The first-order valence-electron chi connectivity index (χ1n) is 11.7. The Morgan fingerprint density at radius 1 is 0.970 bits per heavy atom. The van der Waals surface area contributed by atoms with E-state index in [0.29, 0.717) is 19.0 Å². The fourth-order valence-electron chi connectivity index (χ4n) is 4.46. The van der Waals surface area contributed by atoms with Crippen molar-refractivity contribution in [3.63, 3.8) is 0 Å². The van der Waals surface area contributed by atoms with E-state index >= 15 is 0 Å². The summed E-state index contributed by atoms with van der Waals surface area (Å²) >= 11 is 0. The fourth-order valence-corrected chi connectivity index (χ4v) is 4.46. The minimum atomic E-state index is -0.685. The van der Waals surface area contributed by atoms with Crippen LogP contribution in [0.4, 0.5) is 0 Å². The molecule has 1 fully saturated rings. The molecule has 3 heteroatoms. The van der Waals surface area contributed by atoms with E-state index in [1.807, 2.05) is 0 Å². The lowest BCUT2D eigenvalue weighted by Crippen LogP contribution is -2.49. The first kappa shape index (κ1) is 23.0. The van der Waals surface area contributed by atoms with Gasteiger partial charge in [-0.15, -0.1) is 0 Å². The molecule has 1 atom stereocenters. The Balaban J connectivity index is 1.46. The van der Waals surface area contributed by atoms with E-state index in [2.05, 4.69) is 105 Å². The highest BCUT2D eigenvalue weighted by molar-refractivity contribution is 5.71. The summed E-state index contributed by atoms with van der Waals surface area (Å²) in [7, 11) is 0. The average Bonchev–Trinajstić information content (AvgIpc) is 2.76. The van der Waals surface area contributed by atoms with Crippen LogP contribution in [0.5, 0.6) is 0 Å². The summed E-state index contributed by atoms with van der Waals surface area (Å²) in [5, 5.41) is 9.04. The number of aliphatic carboxylic acids is 1. The van der Waals surface area contributed by atoms with Gasteiger partial charge >= 0.3 is 5.97 Å². The third-order valence-corrected chi connectivity index (χ3v) is 6.71. The molecule has 3 aromatic rings. The molecule has 1 aliphatic rings. The van der Waals surface area contributed by atoms with Crippen molar-refractivity contribution in [2.24, 2.45) is 5.92 Å². The van der Waals surface area contributed by atoms with Gasteiger partial charge in [-0.2, -0.15) is 0 Å². The number of carboxylic acids is 1. The van der Waals surface area contributed by atoms with Gasteiger partial charge in [-0.1, -0.05) is 84.4 Å². The zero-order chi connectivity index (χ0) is 23.4. The van der Waals surface area contributed by atoms with Gasteiger partial charge in [0, 0.05) is 25.6 Å². The monoisotopic (exact) mass is 439 g/mol. The SMILES string of the molecule is Cc1cccc(C(/C=C/c2ccc(CN3CC(C(=O)O)C3)cc2)Cc2ccc(C)c(C)c2)c1. The summed E-state index contributed by atoms with van der Waals surface area (Å²) in [6.07, 6.45) is 5.52. The summed E-state index contributed by atoms with van der Waals surface area (Å²) in [4.78, 5) is 13.2. The molecule has 0 spiro atoms. The van der Waals surface area contributed by atoms with E-state index in [1.165, 1.54) is 38.9 Å². The van der Waals surface area contributed by atoms with Crippen LogP contribution in [0.15, 0.2) is 72.8 Å². The maximum atomic E-state index is 11.0. The average molecular weight is 440 g/mol. The lowest BCUT2D eigenvalue weighted by molar-refractivity contribution is -0.147. The smallest absolute Gasteiger partial charge is 0.309 e. The molecule has 1 saturated heterocycles. The van der Waals surface area contributed by atoms with Gasteiger partial charge in [-0.3, -0.25) is 9.69 Å². The molecule has 170 valence electrons. The topological polar surface area (TPSA) is 40.5 Å². The van der Waals surface area contributed by atoms with Crippen molar-refractivity contribution in [1.82, 2.24) is 4.90 Å². The van der Waals surface area contributed by atoms with E-state index in [4.69, 9.17) is 5.11 Å². The Kier molecular flexibility index (Phi) is 7.10. The van der Waals surface area contributed by atoms with Crippen molar-refractivity contribution in [2.45, 2.75) is 39.7 Å². The van der Waals surface area contributed by atoms with E-state index in [1.54, 1.807) is 0 Å². The Labute approximate surface area is 197 Å². The molecule has 3 aromatic carbocycles. The van der Waals surface area contributed by atoms with Gasteiger partial charge in [-0.25, -0.2) is 0 Å². The van der Waals surface area contributed by atoms with E-state index in [0.717, 1.165) is 13.0 Å². The molecule has 1 heterocycles. The maximum Gasteiger partial charge on any atom is 0.309 e. The van der Waals surface area contributed by atoms with Crippen LogP contribution in [0.2, 0.25) is 0 Å². The molecule has 3 nitrogen and oxygen atoms in total. The number of likely N-dealkylation sites (tertiary alicyclic amines) is 1. The van der Waals surface area contributed by atoms with Gasteiger partial charge < -0.3 is 5.11 Å². The van der Waals surface area contributed by atoms with Crippen molar-refractivity contribution in [1.29, 1.82) is 0 Å². The molecule has 0 aliphatic carbocycles. The van der Waals surface area contributed by atoms with Crippen molar-refractivity contribution >= 4 is 12.0 Å². The Morgan fingerprint density at radius 3 is 2.36 bits per heavy atom. The molecular weight excluding hydrogens is 406 g/mol. The zero-order valence-electron chi connectivity index (χ0n) is 19.8. The van der Waals surface area contributed by atoms with Crippen LogP contribution in [0.3, 0.4) is 0 Å². The van der Waals surface area contributed by atoms with Crippen LogP contribution < -0.4 is 0 Å². The fraction of sp³-hybridized carbons (Fsp3) is 0.300. The molecule has 0 amide bonds. The van der Waals surface area contributed by atoms with Gasteiger partial charge in [0.05, 0.1) is 5.92 Å². The third kappa shape index (κ3) is 6.00. The molecule has 4 rings (SSSR count). The number of rotatable bonds is 8. The first-order valence-corrected chi connectivity index (χ1v) is 11.7. The standard InChI is InChI=1S/C30H33NO2/c1-21-5-4-6-27(15-21)28(17-26-8-7-22(2)23(3)16-26)14-13-24-9-11-25(12-10-24)18-31-19-29(20-31)30(32)33/h4-16,28-29H,17-20H2,1-3H3,(H,32,33)/b14-13+. The molecule has 1 unspecified atom stereocenters. The predicted molar refractivity (Wildman–Crippen MR) is 135 cm³/mol. The lowest BCUT2D eigenvalue weighted by atomic mass is 9.89. The highest BCUT2D eigenvalue weighted by atomic mass is 16.4. The van der Waals surface area contributed by atoms with Crippen LogP contribution in [0.1, 0.15) is 44.9 Å². The molecule has 33 heavy (non-hydrogen) atoms. The van der Waals surface area contributed by atoms with Crippen molar-refractivity contribution in [3.8, 4) is 0 Å². The largest absolute Gasteiger partial charge is 0.481 e. The van der Waals surface area contributed by atoms with Crippen LogP contribution in [-0.2, 0) is 17.8 Å². The highest BCUT2D eigenvalue weighted by Gasteiger charge is 2.32. The Bertz CT molecular complexity index is 1140. The number of hydrogen-bond acceptors (Lipinski definition) is 2. The minimum absolute atomic E-state index is 0.205. The Hall–Kier alpha value is -3.17. The molecule has 0 bridgehead atoms. The number of aryl methyl sites for hydroxylation is 3. The van der Waals surface area contributed by atoms with Crippen molar-refractivity contribution < 1.29 is 9.90 Å². The van der Waals surface area contributed by atoms with Gasteiger partial charge in [0.15, 0.2) is 0 Å². The second-order valence-electron chi connectivity index (χ2n) is 9.47. The summed E-state index contributed by atoms with van der Waals surface area (Å²) in [5.41, 5.74) is 9.06. The van der Waals surface area contributed by atoms with Crippen LogP contribution in [0, 0.1) is 26.7 Å². The molecular formula is C30H33NO2. The van der Waals surface area contributed by atoms with E-state index in [9.17, 15) is 4.79 Å². The van der Waals surface area contributed by atoms with Gasteiger partial charge in [0.25, 0.3) is 0 Å².